The molecule has 2 aromatic heterocycles. The highest BCUT2D eigenvalue weighted by Crippen LogP contribution is 2.21. The van der Waals surface area contributed by atoms with E-state index in [2.05, 4.69) is 15.1 Å². The highest BCUT2D eigenvalue weighted by Gasteiger charge is 2.28. The van der Waals surface area contributed by atoms with E-state index in [0.29, 0.717) is 37.7 Å². The largest absolute Gasteiger partial charge is 0.367 e. The van der Waals surface area contributed by atoms with Crippen LogP contribution in [0, 0.1) is 27.7 Å². The number of carbonyl (C=O) groups is 1. The number of aromatic nitrogens is 3. The number of amides is 1. The lowest BCUT2D eigenvalue weighted by Gasteiger charge is -2.32. The van der Waals surface area contributed by atoms with Gasteiger partial charge in [0, 0.05) is 23.5 Å². The number of hydrogen-bond acceptors (Lipinski definition) is 6. The van der Waals surface area contributed by atoms with E-state index in [1.807, 2.05) is 33.8 Å². The van der Waals surface area contributed by atoms with Crippen LogP contribution in [0.2, 0.25) is 0 Å². The zero-order chi connectivity index (χ0) is 17.3. The third kappa shape index (κ3) is 3.46. The number of hydrogen-bond donors (Lipinski definition) is 0. The van der Waals surface area contributed by atoms with E-state index >= 15 is 0 Å². The lowest BCUT2D eigenvalue weighted by atomic mass is 10.1. The molecule has 3 heterocycles. The topological polar surface area (TPSA) is 81.4 Å². The average Bonchev–Trinajstić information content (AvgIpc) is 2.86. The molecule has 24 heavy (non-hydrogen) atoms. The molecule has 0 spiro atoms. The van der Waals surface area contributed by atoms with Crippen LogP contribution < -0.4 is 0 Å². The minimum absolute atomic E-state index is 0.0436. The molecule has 0 unspecified atom stereocenters. The van der Waals surface area contributed by atoms with Gasteiger partial charge in [-0.1, -0.05) is 5.16 Å². The number of aryl methyl sites for hydroxylation is 4. The Bertz CT molecular complexity index is 717. The Morgan fingerprint density at radius 2 is 1.96 bits per heavy atom. The lowest BCUT2D eigenvalue weighted by Crippen LogP contribution is -2.43. The number of nitrogens with zero attached hydrogens (tertiary/aromatic N) is 4. The zero-order valence-corrected chi connectivity index (χ0v) is 14.5. The molecule has 0 aliphatic carbocycles. The third-order valence-electron chi connectivity index (χ3n) is 4.22. The van der Waals surface area contributed by atoms with Crippen LogP contribution in [0.25, 0.3) is 0 Å². The Morgan fingerprint density at radius 3 is 2.58 bits per heavy atom. The Balaban J connectivity index is 1.72. The minimum Gasteiger partial charge on any atom is -0.367 e. The molecule has 1 amide bonds. The molecule has 1 saturated heterocycles. The Morgan fingerprint density at radius 1 is 1.25 bits per heavy atom. The van der Waals surface area contributed by atoms with Crippen molar-refractivity contribution in [1.82, 2.24) is 20.0 Å². The van der Waals surface area contributed by atoms with Crippen molar-refractivity contribution in [3.05, 3.63) is 40.3 Å². The Kier molecular flexibility index (Phi) is 4.62. The van der Waals surface area contributed by atoms with Gasteiger partial charge in [-0.3, -0.25) is 4.79 Å². The van der Waals surface area contributed by atoms with Crippen molar-refractivity contribution in [2.75, 3.05) is 19.7 Å². The van der Waals surface area contributed by atoms with E-state index in [-0.39, 0.29) is 12.0 Å². The van der Waals surface area contributed by atoms with Crippen molar-refractivity contribution in [2.24, 2.45) is 0 Å². The van der Waals surface area contributed by atoms with Gasteiger partial charge in [-0.25, -0.2) is 9.97 Å². The number of ether oxygens (including phenoxy) is 1. The molecule has 128 valence electrons. The maximum absolute atomic E-state index is 12.6. The summed E-state index contributed by atoms with van der Waals surface area (Å²) in [6, 6.07) is 1.92. The van der Waals surface area contributed by atoms with E-state index < -0.39 is 0 Å². The first-order valence-electron chi connectivity index (χ1n) is 8.07. The maximum atomic E-state index is 12.6. The molecule has 1 fully saturated rings. The molecular weight excluding hydrogens is 308 g/mol. The normalized spacial score (nSPS) is 18.0. The van der Waals surface area contributed by atoms with Gasteiger partial charge in [0.2, 0.25) is 5.91 Å². The average molecular weight is 330 g/mol. The molecule has 2 aromatic rings. The molecule has 0 saturated carbocycles. The van der Waals surface area contributed by atoms with Gasteiger partial charge in [0.25, 0.3) is 0 Å². The van der Waals surface area contributed by atoms with Crippen LogP contribution >= 0.6 is 0 Å². The van der Waals surface area contributed by atoms with Crippen molar-refractivity contribution in [2.45, 2.75) is 40.2 Å². The Labute approximate surface area is 141 Å². The van der Waals surface area contributed by atoms with Crippen LogP contribution in [0.3, 0.4) is 0 Å². The van der Waals surface area contributed by atoms with Gasteiger partial charge < -0.3 is 14.2 Å². The van der Waals surface area contributed by atoms with Crippen molar-refractivity contribution < 1.29 is 14.1 Å². The third-order valence-corrected chi connectivity index (χ3v) is 4.22. The summed E-state index contributed by atoms with van der Waals surface area (Å²) in [6.07, 6.45) is 0.00710. The highest BCUT2D eigenvalue weighted by atomic mass is 16.5. The first kappa shape index (κ1) is 16.6. The molecule has 7 heteroatoms. The Hall–Kier alpha value is -2.28. The molecule has 1 atom stereocenters. The predicted octanol–water partition coefficient (Wildman–Crippen LogP) is 1.84. The molecule has 7 nitrogen and oxygen atoms in total. The number of morpholine rings is 1. The maximum Gasteiger partial charge on any atom is 0.227 e. The van der Waals surface area contributed by atoms with E-state index in [1.165, 1.54) is 0 Å². The fraction of sp³-hybridized carbons (Fsp3) is 0.529. The van der Waals surface area contributed by atoms with Crippen molar-refractivity contribution in [3.8, 4) is 0 Å². The summed E-state index contributed by atoms with van der Waals surface area (Å²) in [7, 11) is 0. The van der Waals surface area contributed by atoms with Crippen molar-refractivity contribution in [3.63, 3.8) is 0 Å². The van der Waals surface area contributed by atoms with Gasteiger partial charge in [-0.2, -0.15) is 0 Å². The second-order valence-electron chi connectivity index (χ2n) is 6.19. The van der Waals surface area contributed by atoms with Gasteiger partial charge in [-0.15, -0.1) is 0 Å². The molecule has 0 aromatic carbocycles. The summed E-state index contributed by atoms with van der Waals surface area (Å²) in [5.74, 6) is 1.38. The van der Waals surface area contributed by atoms with E-state index in [1.54, 1.807) is 4.90 Å². The van der Waals surface area contributed by atoms with Crippen LogP contribution in [-0.4, -0.2) is 45.6 Å². The summed E-state index contributed by atoms with van der Waals surface area (Å²) in [5, 5.41) is 3.91. The van der Waals surface area contributed by atoms with Gasteiger partial charge in [0.05, 0.1) is 25.3 Å². The number of carbonyl (C=O) groups excluding carboxylic acids is 1. The molecule has 3 rings (SSSR count). The van der Waals surface area contributed by atoms with Crippen molar-refractivity contribution >= 4 is 5.91 Å². The van der Waals surface area contributed by atoms with Gasteiger partial charge in [-0.05, 0) is 33.8 Å². The lowest BCUT2D eigenvalue weighted by molar-refractivity contribution is -0.138. The van der Waals surface area contributed by atoms with Crippen LogP contribution in [0.4, 0.5) is 0 Å². The van der Waals surface area contributed by atoms with Crippen molar-refractivity contribution in [1.29, 1.82) is 0 Å². The molecule has 0 radical (unpaired) electrons. The monoisotopic (exact) mass is 330 g/mol. The van der Waals surface area contributed by atoms with Gasteiger partial charge >= 0.3 is 0 Å². The number of rotatable bonds is 3. The second-order valence-corrected chi connectivity index (χ2v) is 6.19. The van der Waals surface area contributed by atoms with Crippen LogP contribution in [0.15, 0.2) is 10.6 Å². The minimum atomic E-state index is -0.286. The molecular formula is C17H22N4O3. The summed E-state index contributed by atoms with van der Waals surface area (Å²) >= 11 is 0. The SMILES string of the molecule is Cc1cc(C)nc([C@H]2CN(C(=O)Cc3c(C)noc3C)CCO2)n1. The standard InChI is InChI=1S/C17H22N4O3/c1-10-7-11(2)19-17(18-10)15-9-21(5-6-23-15)16(22)8-14-12(3)20-24-13(14)4/h7,15H,5-6,8-9H2,1-4H3/t15-/m1/s1. The van der Waals surface area contributed by atoms with E-state index in [0.717, 1.165) is 22.6 Å². The van der Waals surface area contributed by atoms with E-state index in [4.69, 9.17) is 9.26 Å². The van der Waals surface area contributed by atoms with Crippen LogP contribution in [-0.2, 0) is 16.0 Å². The predicted molar refractivity (Wildman–Crippen MR) is 86.5 cm³/mol. The second kappa shape index (κ2) is 6.68. The molecule has 0 N–H and O–H groups in total. The van der Waals surface area contributed by atoms with Gasteiger partial charge in [0.15, 0.2) is 5.82 Å². The first-order valence-corrected chi connectivity index (χ1v) is 8.07. The molecule has 1 aliphatic rings. The molecule has 0 bridgehead atoms. The fourth-order valence-corrected chi connectivity index (χ4v) is 2.95. The highest BCUT2D eigenvalue weighted by molar-refractivity contribution is 5.79. The van der Waals surface area contributed by atoms with Crippen LogP contribution in [0.1, 0.15) is 40.3 Å². The summed E-state index contributed by atoms with van der Waals surface area (Å²) in [4.78, 5) is 23.4. The summed E-state index contributed by atoms with van der Waals surface area (Å²) in [5.41, 5.74) is 3.44. The fourth-order valence-electron chi connectivity index (χ4n) is 2.95. The molecule has 1 aliphatic heterocycles. The van der Waals surface area contributed by atoms with Gasteiger partial charge in [0.1, 0.15) is 11.9 Å². The summed E-state index contributed by atoms with van der Waals surface area (Å²) < 4.78 is 10.9. The first-order chi connectivity index (χ1) is 11.4. The zero-order valence-electron chi connectivity index (χ0n) is 14.5. The smallest absolute Gasteiger partial charge is 0.227 e. The van der Waals surface area contributed by atoms with Crippen LogP contribution in [0.5, 0.6) is 0 Å². The van der Waals surface area contributed by atoms with E-state index in [9.17, 15) is 4.79 Å². The summed E-state index contributed by atoms with van der Waals surface area (Å²) in [6.45, 7) is 9.06. The quantitative estimate of drug-likeness (QED) is 0.854.